The lowest BCUT2D eigenvalue weighted by Gasteiger charge is -2.07. The van der Waals surface area contributed by atoms with E-state index in [2.05, 4.69) is 4.74 Å². The second-order valence-electron chi connectivity index (χ2n) is 4.04. The van der Waals surface area contributed by atoms with Crippen LogP contribution >= 0.6 is 0 Å². The van der Waals surface area contributed by atoms with Gasteiger partial charge in [-0.05, 0) is 24.1 Å². The molecule has 2 aromatic rings. The van der Waals surface area contributed by atoms with Crippen LogP contribution in [0, 0.1) is 0 Å². The number of hydrogen-bond donors (Lipinski definition) is 2. The molecule has 1 aromatic heterocycles. The van der Waals surface area contributed by atoms with Crippen LogP contribution in [-0.2, 0) is 4.74 Å². The third-order valence-corrected chi connectivity index (χ3v) is 2.78. The summed E-state index contributed by atoms with van der Waals surface area (Å²) in [6.45, 7) is 1.85. The summed E-state index contributed by atoms with van der Waals surface area (Å²) in [5.74, 6) is -0.866. The van der Waals surface area contributed by atoms with Crippen LogP contribution in [-0.4, -0.2) is 17.2 Å². The van der Waals surface area contributed by atoms with E-state index in [1.54, 1.807) is 18.2 Å². The van der Waals surface area contributed by atoms with Crippen molar-refractivity contribution >= 4 is 23.0 Å². The summed E-state index contributed by atoms with van der Waals surface area (Å²) in [7, 11) is 0. The first-order chi connectivity index (χ1) is 9.02. The highest BCUT2D eigenvalue weighted by molar-refractivity contribution is 6.06. The van der Waals surface area contributed by atoms with Gasteiger partial charge in [-0.3, -0.25) is 0 Å². The summed E-state index contributed by atoms with van der Waals surface area (Å²) in [5, 5.41) is 10.2. The van der Waals surface area contributed by atoms with Crippen LogP contribution in [0.15, 0.2) is 28.9 Å². The summed E-state index contributed by atoms with van der Waals surface area (Å²) < 4.78 is 9.52. The smallest absolute Gasteiger partial charge is 0.412 e. The molecule has 0 bridgehead atoms. The number of furan rings is 1. The fourth-order valence-corrected chi connectivity index (χ4v) is 1.79. The Hall–Kier alpha value is -2.34. The number of nitrogens with two attached hydrogens (primary N) is 1. The van der Waals surface area contributed by atoms with E-state index in [0.29, 0.717) is 23.0 Å². The van der Waals surface area contributed by atoms with Gasteiger partial charge in [-0.25, -0.2) is 9.59 Å². The Bertz CT molecular complexity index is 631. The SMILES string of the molecule is CCC(O)c1ccc2c(C(=O)OC(N)=O)coc2c1. The molecule has 0 radical (unpaired) electrons. The number of ether oxygens (including phenoxy) is 1. The summed E-state index contributed by atoms with van der Waals surface area (Å²) in [4.78, 5) is 22.1. The zero-order valence-corrected chi connectivity index (χ0v) is 10.3. The largest absolute Gasteiger partial charge is 0.463 e. The molecule has 100 valence electrons. The van der Waals surface area contributed by atoms with Crippen LogP contribution in [0.3, 0.4) is 0 Å². The van der Waals surface area contributed by atoms with E-state index < -0.39 is 18.2 Å². The number of primary amides is 1. The normalized spacial score (nSPS) is 12.3. The minimum Gasteiger partial charge on any atom is -0.463 e. The van der Waals surface area contributed by atoms with E-state index in [4.69, 9.17) is 10.2 Å². The molecule has 0 saturated heterocycles. The van der Waals surface area contributed by atoms with E-state index in [-0.39, 0.29) is 5.56 Å². The molecule has 2 rings (SSSR count). The first-order valence-electron chi connectivity index (χ1n) is 5.73. The van der Waals surface area contributed by atoms with Gasteiger partial charge in [0.1, 0.15) is 17.4 Å². The molecular weight excluding hydrogens is 250 g/mol. The maximum Gasteiger partial charge on any atom is 0.412 e. The van der Waals surface area contributed by atoms with Crippen molar-refractivity contribution in [3.05, 3.63) is 35.6 Å². The molecule has 1 heterocycles. The van der Waals surface area contributed by atoms with Crippen LogP contribution in [0.4, 0.5) is 4.79 Å². The predicted octanol–water partition coefficient (Wildman–Crippen LogP) is 2.11. The van der Waals surface area contributed by atoms with Crippen molar-refractivity contribution < 1.29 is 23.8 Å². The van der Waals surface area contributed by atoms with E-state index in [0.717, 1.165) is 0 Å². The van der Waals surface area contributed by atoms with Gasteiger partial charge in [0.2, 0.25) is 0 Å². The molecule has 1 aromatic carbocycles. The van der Waals surface area contributed by atoms with Crippen LogP contribution in [0.1, 0.15) is 35.4 Å². The van der Waals surface area contributed by atoms with Gasteiger partial charge in [0.05, 0.1) is 6.10 Å². The molecule has 6 heteroatoms. The lowest BCUT2D eigenvalue weighted by molar-refractivity contribution is 0.0639. The number of esters is 1. The van der Waals surface area contributed by atoms with Crippen molar-refractivity contribution in [2.75, 3.05) is 0 Å². The van der Waals surface area contributed by atoms with Crippen molar-refractivity contribution in [2.45, 2.75) is 19.4 Å². The van der Waals surface area contributed by atoms with Crippen LogP contribution < -0.4 is 5.73 Å². The number of carbonyl (C=O) groups is 2. The molecule has 1 unspecified atom stereocenters. The van der Waals surface area contributed by atoms with Gasteiger partial charge >= 0.3 is 12.1 Å². The fourth-order valence-electron chi connectivity index (χ4n) is 1.79. The lowest BCUT2D eigenvalue weighted by atomic mass is 10.0. The molecule has 0 saturated carbocycles. The summed E-state index contributed by atoms with van der Waals surface area (Å²) >= 11 is 0. The minimum absolute atomic E-state index is 0.117. The molecule has 0 aliphatic carbocycles. The van der Waals surface area contributed by atoms with Gasteiger partial charge in [0, 0.05) is 5.39 Å². The molecule has 19 heavy (non-hydrogen) atoms. The summed E-state index contributed by atoms with van der Waals surface area (Å²) in [5.41, 5.74) is 6.02. The zero-order chi connectivity index (χ0) is 14.0. The van der Waals surface area contributed by atoms with Gasteiger partial charge < -0.3 is 20.0 Å². The maximum atomic E-state index is 11.6. The molecule has 1 amide bonds. The van der Waals surface area contributed by atoms with E-state index >= 15 is 0 Å². The predicted molar refractivity (Wildman–Crippen MR) is 66.5 cm³/mol. The molecule has 0 spiro atoms. The zero-order valence-electron chi connectivity index (χ0n) is 10.3. The third-order valence-electron chi connectivity index (χ3n) is 2.78. The fraction of sp³-hybridized carbons (Fsp3) is 0.231. The average molecular weight is 263 g/mol. The Balaban J connectivity index is 2.39. The number of rotatable bonds is 3. The highest BCUT2D eigenvalue weighted by atomic mass is 16.6. The number of carbonyl (C=O) groups excluding carboxylic acids is 2. The molecule has 3 N–H and O–H groups in total. The third kappa shape index (κ3) is 2.58. The van der Waals surface area contributed by atoms with E-state index in [1.165, 1.54) is 6.26 Å². The van der Waals surface area contributed by atoms with Crippen molar-refractivity contribution in [3.8, 4) is 0 Å². The first kappa shape index (κ1) is 13.1. The van der Waals surface area contributed by atoms with Crippen LogP contribution in [0.5, 0.6) is 0 Å². The second-order valence-corrected chi connectivity index (χ2v) is 4.04. The van der Waals surface area contributed by atoms with Crippen LogP contribution in [0.2, 0.25) is 0 Å². The van der Waals surface area contributed by atoms with Crippen molar-refractivity contribution in [3.63, 3.8) is 0 Å². The second kappa shape index (κ2) is 5.11. The number of amides is 1. The van der Waals surface area contributed by atoms with E-state index in [9.17, 15) is 14.7 Å². The Morgan fingerprint density at radius 1 is 1.47 bits per heavy atom. The van der Waals surface area contributed by atoms with Gasteiger partial charge in [-0.15, -0.1) is 0 Å². The van der Waals surface area contributed by atoms with Gasteiger partial charge in [-0.2, -0.15) is 0 Å². The van der Waals surface area contributed by atoms with Crippen molar-refractivity contribution in [2.24, 2.45) is 5.73 Å². The Morgan fingerprint density at radius 2 is 2.21 bits per heavy atom. The monoisotopic (exact) mass is 263 g/mol. The van der Waals surface area contributed by atoms with Crippen molar-refractivity contribution in [1.29, 1.82) is 0 Å². The summed E-state index contributed by atoms with van der Waals surface area (Å²) in [6.07, 6.45) is 0.00814. The van der Waals surface area contributed by atoms with E-state index in [1.807, 2.05) is 6.92 Å². The maximum absolute atomic E-state index is 11.6. The highest BCUT2D eigenvalue weighted by Crippen LogP contribution is 2.26. The summed E-state index contributed by atoms with van der Waals surface area (Å²) in [6, 6.07) is 4.96. The molecule has 1 atom stereocenters. The Labute approximate surface area is 108 Å². The Kier molecular flexibility index (Phi) is 3.52. The molecule has 0 aliphatic heterocycles. The van der Waals surface area contributed by atoms with Crippen LogP contribution in [0.25, 0.3) is 11.0 Å². The average Bonchev–Trinajstić information content (AvgIpc) is 2.79. The van der Waals surface area contributed by atoms with Crippen molar-refractivity contribution in [1.82, 2.24) is 0 Å². The number of aliphatic hydroxyl groups excluding tert-OH is 1. The Morgan fingerprint density at radius 3 is 2.84 bits per heavy atom. The molecule has 0 aliphatic rings. The number of benzene rings is 1. The van der Waals surface area contributed by atoms with Gasteiger partial charge in [-0.1, -0.05) is 13.0 Å². The first-order valence-corrected chi connectivity index (χ1v) is 5.73. The van der Waals surface area contributed by atoms with Gasteiger partial charge in [0.25, 0.3) is 0 Å². The van der Waals surface area contributed by atoms with Gasteiger partial charge in [0.15, 0.2) is 0 Å². The highest BCUT2D eigenvalue weighted by Gasteiger charge is 2.18. The minimum atomic E-state index is -1.17. The standard InChI is InChI=1S/C13H13NO5/c1-2-10(15)7-3-4-8-9(6-18-11(8)5-7)12(16)19-13(14)17/h3-6,10,15H,2H2,1H3,(H2,14,17). The molecule has 0 fully saturated rings. The number of aliphatic hydroxyl groups is 1. The topological polar surface area (TPSA) is 103 Å². The number of fused-ring (bicyclic) bond motifs is 1. The number of hydrogen-bond acceptors (Lipinski definition) is 5. The molecular formula is C13H13NO5. The molecule has 6 nitrogen and oxygen atoms in total. The lowest BCUT2D eigenvalue weighted by Crippen LogP contribution is -2.18. The quantitative estimate of drug-likeness (QED) is 0.652.